The summed E-state index contributed by atoms with van der Waals surface area (Å²) >= 11 is 2.71. The lowest BCUT2D eigenvalue weighted by atomic mass is 9.78. The summed E-state index contributed by atoms with van der Waals surface area (Å²) in [6.45, 7) is 12.1. The van der Waals surface area contributed by atoms with E-state index in [1.54, 1.807) is 13.3 Å². The molecule has 2 aromatic rings. The van der Waals surface area contributed by atoms with Crippen LogP contribution < -0.4 is 0 Å². The van der Waals surface area contributed by atoms with E-state index >= 15 is 0 Å². The number of ether oxygens (including phenoxy) is 1. The second-order valence-electron chi connectivity index (χ2n) is 11.6. The highest BCUT2D eigenvalue weighted by molar-refractivity contribution is 8.01. The van der Waals surface area contributed by atoms with Crippen LogP contribution in [0.1, 0.15) is 58.2 Å². The Morgan fingerprint density at radius 1 is 1.26 bits per heavy atom. The van der Waals surface area contributed by atoms with Crippen molar-refractivity contribution in [3.8, 4) is 5.75 Å². The van der Waals surface area contributed by atoms with E-state index in [1.165, 1.54) is 40.2 Å². The van der Waals surface area contributed by atoms with Gasteiger partial charge in [0.2, 0.25) is 5.16 Å². The Bertz CT molecular complexity index is 1340. The summed E-state index contributed by atoms with van der Waals surface area (Å²) in [5.41, 5.74) is 0.595. The number of hydrogen-bond donors (Lipinski definition) is 2. The van der Waals surface area contributed by atoms with Crippen LogP contribution in [0, 0.1) is 0 Å². The fourth-order valence-electron chi connectivity index (χ4n) is 4.58. The van der Waals surface area contributed by atoms with Crippen molar-refractivity contribution >= 4 is 41.6 Å². The number of hydrogen-bond acceptors (Lipinski definition) is 10. The summed E-state index contributed by atoms with van der Waals surface area (Å²) in [4.78, 5) is 31.7. The van der Waals surface area contributed by atoms with Gasteiger partial charge in [-0.2, -0.15) is 0 Å². The number of thioether (sulfide) groups is 2. The normalized spacial score (nSPS) is 21.9. The molecule has 4 rings (SSSR count). The Morgan fingerprint density at radius 2 is 1.87 bits per heavy atom. The van der Waals surface area contributed by atoms with Gasteiger partial charge in [0.25, 0.3) is 11.6 Å². The van der Waals surface area contributed by atoms with Crippen molar-refractivity contribution in [3.05, 3.63) is 40.1 Å². The SMILES string of the molecule is COC1(N=Cc2cc(C(C)(C)C)c(O)c(C(C)(C)C)c2)C(=O)N2C(C(=O)O)=C(CSc3nnnn3C)CSC21. The van der Waals surface area contributed by atoms with E-state index in [4.69, 9.17) is 4.74 Å². The average Bonchev–Trinajstić information content (AvgIpc) is 3.26. The molecule has 2 N–H and O–H groups in total. The molecular weight excluding hydrogens is 540 g/mol. The van der Waals surface area contributed by atoms with Gasteiger partial charge in [0, 0.05) is 43.0 Å². The second kappa shape index (κ2) is 10.3. The van der Waals surface area contributed by atoms with Gasteiger partial charge in [0.1, 0.15) is 16.8 Å². The van der Waals surface area contributed by atoms with Crippen molar-refractivity contribution in [2.75, 3.05) is 18.6 Å². The lowest BCUT2D eigenvalue weighted by Gasteiger charge is -2.53. The molecule has 11 nitrogen and oxygen atoms in total. The number of phenolic OH excluding ortho intramolecular Hbond substituents is 1. The van der Waals surface area contributed by atoms with Gasteiger partial charge in [-0.15, -0.1) is 16.9 Å². The first kappa shape index (κ1) is 29.1. The van der Waals surface area contributed by atoms with E-state index < -0.39 is 23.0 Å². The van der Waals surface area contributed by atoms with Crippen molar-refractivity contribution in [1.82, 2.24) is 25.1 Å². The van der Waals surface area contributed by atoms with Crippen LogP contribution in [0.4, 0.5) is 0 Å². The molecule has 2 atom stereocenters. The van der Waals surface area contributed by atoms with Crippen molar-refractivity contribution in [2.45, 2.75) is 68.6 Å². The average molecular weight is 575 g/mol. The summed E-state index contributed by atoms with van der Waals surface area (Å²) in [5.74, 6) is -0.763. The minimum atomic E-state index is -1.56. The fraction of sp³-hybridized carbons (Fsp3) is 0.538. The van der Waals surface area contributed by atoms with Crippen LogP contribution in [0.15, 0.2) is 33.6 Å². The van der Waals surface area contributed by atoms with Gasteiger partial charge in [-0.05, 0) is 44.5 Å². The zero-order valence-electron chi connectivity index (χ0n) is 23.3. The van der Waals surface area contributed by atoms with Crippen molar-refractivity contribution in [3.63, 3.8) is 0 Å². The molecular formula is C26H34N6O5S2. The fourth-order valence-corrected chi connectivity index (χ4v) is 7.00. The number of phenols is 1. The molecule has 13 heteroatoms. The predicted molar refractivity (Wildman–Crippen MR) is 150 cm³/mol. The first-order chi connectivity index (χ1) is 18.1. The Hall–Kier alpha value is -2.90. The number of aliphatic carboxylic acids is 1. The maximum atomic E-state index is 13.5. The molecule has 2 unspecified atom stereocenters. The first-order valence-corrected chi connectivity index (χ1v) is 14.4. The number of aromatic nitrogens is 4. The number of fused-ring (bicyclic) bond motifs is 1. The van der Waals surface area contributed by atoms with Gasteiger partial charge in [-0.1, -0.05) is 53.3 Å². The third kappa shape index (κ3) is 5.19. The number of β-lactam (4-membered cyclic amide) rings is 1. The Morgan fingerprint density at radius 3 is 2.36 bits per heavy atom. The minimum absolute atomic E-state index is 0.0519. The smallest absolute Gasteiger partial charge is 0.352 e. The number of aromatic hydroxyl groups is 1. The molecule has 0 aliphatic carbocycles. The summed E-state index contributed by atoms with van der Waals surface area (Å²) in [6, 6.07) is 3.73. The third-order valence-electron chi connectivity index (χ3n) is 6.71. The molecule has 2 aliphatic heterocycles. The number of methoxy groups -OCH3 is 1. The van der Waals surface area contributed by atoms with Crippen LogP contribution in [0.3, 0.4) is 0 Å². The van der Waals surface area contributed by atoms with E-state index in [0.717, 1.165) is 16.7 Å². The number of carboxylic acid groups (broad SMARTS) is 1. The molecule has 0 saturated carbocycles. The number of carboxylic acids is 1. The van der Waals surface area contributed by atoms with Gasteiger partial charge in [0.15, 0.2) is 0 Å². The second-order valence-corrected chi connectivity index (χ2v) is 13.6. The molecule has 1 saturated heterocycles. The van der Waals surface area contributed by atoms with E-state index in [-0.39, 0.29) is 22.3 Å². The van der Waals surface area contributed by atoms with Gasteiger partial charge >= 0.3 is 5.97 Å². The molecule has 1 aromatic heterocycles. The zero-order chi connectivity index (χ0) is 28.9. The maximum Gasteiger partial charge on any atom is 0.352 e. The lowest BCUT2D eigenvalue weighted by Crippen LogP contribution is -2.73. The molecule has 210 valence electrons. The monoisotopic (exact) mass is 574 g/mol. The Balaban J connectivity index is 1.67. The largest absolute Gasteiger partial charge is 0.507 e. The van der Waals surface area contributed by atoms with Crippen molar-refractivity contribution in [1.29, 1.82) is 0 Å². The van der Waals surface area contributed by atoms with E-state index in [0.29, 0.717) is 22.2 Å². The molecule has 39 heavy (non-hydrogen) atoms. The number of carbonyl (C=O) groups is 2. The summed E-state index contributed by atoms with van der Waals surface area (Å²) in [6.07, 6.45) is 1.58. The quantitative estimate of drug-likeness (QED) is 0.287. The number of rotatable bonds is 7. The summed E-state index contributed by atoms with van der Waals surface area (Å²) in [7, 11) is 3.11. The molecule has 3 heterocycles. The van der Waals surface area contributed by atoms with E-state index in [1.807, 2.05) is 53.7 Å². The lowest BCUT2D eigenvalue weighted by molar-refractivity contribution is -0.182. The van der Waals surface area contributed by atoms with Crippen molar-refractivity contribution < 1.29 is 24.5 Å². The number of carbonyl (C=O) groups excluding carboxylic acids is 1. The standard InChI is InChI=1S/C26H34N6O5S2/c1-24(2,3)16-9-14(10-17(19(16)33)25(4,5)6)11-27-26(37-8)21(36)32-18(20(34)35)15(12-38-22(26)32)13-39-23-28-29-30-31(23)7/h9-11,22,33H,12-13H2,1-8H3,(H,34,35). The first-order valence-electron chi connectivity index (χ1n) is 12.4. The van der Waals surface area contributed by atoms with Crippen LogP contribution in [-0.4, -0.2) is 83.1 Å². The molecule has 1 amide bonds. The zero-order valence-corrected chi connectivity index (χ0v) is 25.0. The predicted octanol–water partition coefficient (Wildman–Crippen LogP) is 3.32. The minimum Gasteiger partial charge on any atom is -0.507 e. The van der Waals surface area contributed by atoms with E-state index in [9.17, 15) is 19.8 Å². The van der Waals surface area contributed by atoms with Gasteiger partial charge in [-0.25, -0.2) is 14.5 Å². The van der Waals surface area contributed by atoms with Crippen LogP contribution in [-0.2, 0) is 32.2 Å². The van der Waals surface area contributed by atoms with Gasteiger partial charge in [0.05, 0.1) is 0 Å². The van der Waals surface area contributed by atoms with Crippen LogP contribution >= 0.6 is 23.5 Å². The Kier molecular flexibility index (Phi) is 7.65. The molecule has 0 radical (unpaired) electrons. The Labute approximate surface area is 236 Å². The van der Waals surface area contributed by atoms with Gasteiger partial charge in [-0.3, -0.25) is 9.69 Å². The van der Waals surface area contributed by atoms with Gasteiger partial charge < -0.3 is 14.9 Å². The highest BCUT2D eigenvalue weighted by Crippen LogP contribution is 2.49. The highest BCUT2D eigenvalue weighted by atomic mass is 32.2. The highest BCUT2D eigenvalue weighted by Gasteiger charge is 2.66. The number of nitrogens with zero attached hydrogens (tertiary/aromatic N) is 6. The molecule has 0 spiro atoms. The van der Waals surface area contributed by atoms with Crippen LogP contribution in [0.5, 0.6) is 5.75 Å². The number of amides is 1. The summed E-state index contributed by atoms with van der Waals surface area (Å²) < 4.78 is 7.19. The summed E-state index contributed by atoms with van der Waals surface area (Å²) in [5, 5.41) is 32.3. The third-order valence-corrected chi connectivity index (χ3v) is 9.17. The molecule has 1 fully saturated rings. The topological polar surface area (TPSA) is 143 Å². The van der Waals surface area contributed by atoms with Crippen molar-refractivity contribution in [2.24, 2.45) is 12.0 Å². The molecule has 0 bridgehead atoms. The van der Waals surface area contributed by atoms with E-state index in [2.05, 4.69) is 20.5 Å². The maximum absolute atomic E-state index is 13.5. The number of aliphatic imine (C=N–C) groups is 1. The number of aryl methyl sites for hydroxylation is 1. The number of benzene rings is 1. The molecule has 1 aromatic carbocycles. The van der Waals surface area contributed by atoms with Crippen LogP contribution in [0.25, 0.3) is 0 Å². The van der Waals surface area contributed by atoms with Crippen LogP contribution in [0.2, 0.25) is 0 Å². The number of tetrazole rings is 1. The molecule has 2 aliphatic rings.